The molecule has 0 bridgehead atoms. The fourth-order valence-electron chi connectivity index (χ4n) is 1.10. The van der Waals surface area contributed by atoms with Crippen molar-refractivity contribution < 1.29 is 4.58 Å². The van der Waals surface area contributed by atoms with Gasteiger partial charge in [0.1, 0.15) is 14.1 Å². The Hall–Kier alpha value is -0.730. The predicted molar refractivity (Wildman–Crippen MR) is 65.2 cm³/mol. The van der Waals surface area contributed by atoms with Crippen LogP contribution in [-0.4, -0.2) is 23.7 Å². The van der Waals surface area contributed by atoms with Crippen molar-refractivity contribution in [3.05, 3.63) is 46.8 Å². The van der Waals surface area contributed by atoms with Crippen molar-refractivity contribution in [2.75, 3.05) is 14.1 Å². The van der Waals surface area contributed by atoms with Crippen LogP contribution in [0.1, 0.15) is 5.56 Å². The summed E-state index contributed by atoms with van der Waals surface area (Å²) in [4.78, 5) is 0. The summed E-state index contributed by atoms with van der Waals surface area (Å²) in [5, 5.41) is 3.05. The summed E-state index contributed by atoms with van der Waals surface area (Å²) >= 11 is 7.12. The number of hydrogen-bond donors (Lipinski definition) is 0. The van der Waals surface area contributed by atoms with Crippen molar-refractivity contribution in [2.24, 2.45) is 0 Å². The zero-order chi connectivity index (χ0) is 10.4. The molecule has 14 heavy (non-hydrogen) atoms. The third kappa shape index (κ3) is 3.20. The molecule has 1 aromatic rings. The van der Waals surface area contributed by atoms with Gasteiger partial charge < -0.3 is 0 Å². The summed E-state index contributed by atoms with van der Waals surface area (Å²) in [5.74, 6) is 0. The molecular formula is C11H13ClNS+. The lowest BCUT2D eigenvalue weighted by atomic mass is 10.2. The van der Waals surface area contributed by atoms with E-state index in [1.54, 1.807) is 11.8 Å². The van der Waals surface area contributed by atoms with Crippen molar-refractivity contribution in [1.29, 1.82) is 0 Å². The summed E-state index contributed by atoms with van der Waals surface area (Å²) in [6.07, 6.45) is 0. The molecule has 0 aliphatic carbocycles. The van der Waals surface area contributed by atoms with Crippen molar-refractivity contribution in [2.45, 2.75) is 0 Å². The molecule has 0 saturated carbocycles. The molecular weight excluding hydrogens is 214 g/mol. The monoisotopic (exact) mass is 226 g/mol. The Morgan fingerprint density at radius 1 is 1.29 bits per heavy atom. The number of nitrogens with zero attached hydrogens (tertiary/aromatic N) is 1. The molecule has 0 heterocycles. The number of hydrogen-bond acceptors (Lipinski definition) is 1. The standard InChI is InChI=1S/C11H13ClNS/c1-13(2)11(14-9-8-12)10-6-4-3-5-7-10/h3-9H,1-2H3/q+1/b9-8+. The van der Waals surface area contributed by atoms with Gasteiger partial charge in [0.05, 0.1) is 5.56 Å². The first kappa shape index (κ1) is 11.3. The van der Waals surface area contributed by atoms with Gasteiger partial charge in [-0.1, -0.05) is 29.8 Å². The molecule has 0 N–H and O–H groups in total. The minimum absolute atomic E-state index is 1.18. The Kier molecular flexibility index (Phi) is 4.77. The zero-order valence-electron chi connectivity index (χ0n) is 8.27. The predicted octanol–water partition coefficient (Wildman–Crippen LogP) is 3.15. The molecule has 0 saturated heterocycles. The maximum Gasteiger partial charge on any atom is 0.245 e. The first-order chi connectivity index (χ1) is 6.75. The average Bonchev–Trinajstić information content (AvgIpc) is 2.19. The molecule has 74 valence electrons. The molecule has 0 aromatic heterocycles. The fraction of sp³-hybridized carbons (Fsp3) is 0.182. The van der Waals surface area contributed by atoms with E-state index in [1.807, 2.05) is 37.7 Å². The lowest BCUT2D eigenvalue weighted by Crippen LogP contribution is -2.10. The number of rotatable bonds is 2. The van der Waals surface area contributed by atoms with E-state index in [9.17, 15) is 0 Å². The van der Waals surface area contributed by atoms with Gasteiger partial charge in [0.25, 0.3) is 0 Å². The molecule has 0 aliphatic rings. The van der Waals surface area contributed by atoms with Crippen molar-refractivity contribution >= 4 is 28.4 Å². The highest BCUT2D eigenvalue weighted by molar-refractivity contribution is 8.16. The largest absolute Gasteiger partial charge is 0.245 e. The second kappa shape index (κ2) is 5.89. The molecule has 3 heteroatoms. The van der Waals surface area contributed by atoms with Crippen LogP contribution in [0.25, 0.3) is 0 Å². The Morgan fingerprint density at radius 2 is 1.93 bits per heavy atom. The van der Waals surface area contributed by atoms with Gasteiger partial charge in [0.2, 0.25) is 5.04 Å². The summed E-state index contributed by atoms with van der Waals surface area (Å²) in [5.41, 5.74) is 2.73. The summed E-state index contributed by atoms with van der Waals surface area (Å²) in [6, 6.07) is 10.3. The van der Waals surface area contributed by atoms with Crippen molar-refractivity contribution in [3.63, 3.8) is 0 Å². The van der Waals surface area contributed by atoms with Gasteiger partial charge in [-0.25, -0.2) is 4.58 Å². The minimum atomic E-state index is 1.18. The van der Waals surface area contributed by atoms with Crippen LogP contribution >= 0.6 is 23.4 Å². The second-order valence-electron chi connectivity index (χ2n) is 2.95. The number of halogens is 1. The quantitative estimate of drug-likeness (QED) is 0.425. The van der Waals surface area contributed by atoms with E-state index in [1.165, 1.54) is 16.1 Å². The van der Waals surface area contributed by atoms with Crippen LogP contribution in [0.2, 0.25) is 0 Å². The lowest BCUT2D eigenvalue weighted by molar-refractivity contribution is -0.460. The highest BCUT2D eigenvalue weighted by Gasteiger charge is 2.09. The molecule has 1 nitrogen and oxygen atoms in total. The van der Waals surface area contributed by atoms with Gasteiger partial charge in [-0.05, 0) is 29.3 Å². The van der Waals surface area contributed by atoms with Gasteiger partial charge in [0.15, 0.2) is 0 Å². The number of benzene rings is 1. The molecule has 0 spiro atoms. The van der Waals surface area contributed by atoms with Crippen molar-refractivity contribution in [1.82, 2.24) is 0 Å². The van der Waals surface area contributed by atoms with E-state index >= 15 is 0 Å². The SMILES string of the molecule is C[N+](C)=C(S/C=C/Cl)c1ccccc1. The Balaban J connectivity index is 2.97. The first-order valence-corrected chi connectivity index (χ1v) is 5.59. The van der Waals surface area contributed by atoms with Crippen LogP contribution in [0.5, 0.6) is 0 Å². The first-order valence-electron chi connectivity index (χ1n) is 4.27. The van der Waals surface area contributed by atoms with Gasteiger partial charge in [-0.3, -0.25) is 0 Å². The summed E-state index contributed by atoms with van der Waals surface area (Å²) < 4.78 is 2.08. The van der Waals surface area contributed by atoms with E-state index in [2.05, 4.69) is 16.7 Å². The highest BCUT2D eigenvalue weighted by atomic mass is 35.5. The molecule has 0 radical (unpaired) electrons. The normalized spacial score (nSPS) is 10.5. The van der Waals surface area contributed by atoms with E-state index < -0.39 is 0 Å². The Labute approximate surface area is 94.1 Å². The third-order valence-corrected chi connectivity index (χ3v) is 3.03. The molecule has 1 aromatic carbocycles. The van der Waals surface area contributed by atoms with Crippen LogP contribution < -0.4 is 0 Å². The van der Waals surface area contributed by atoms with Crippen LogP contribution in [0.4, 0.5) is 0 Å². The smallest absolute Gasteiger partial charge is 0.229 e. The average molecular weight is 227 g/mol. The third-order valence-electron chi connectivity index (χ3n) is 1.66. The van der Waals surface area contributed by atoms with E-state index in [4.69, 9.17) is 11.6 Å². The van der Waals surface area contributed by atoms with E-state index in [-0.39, 0.29) is 0 Å². The lowest BCUT2D eigenvalue weighted by Gasteiger charge is -1.99. The van der Waals surface area contributed by atoms with E-state index in [0.29, 0.717) is 0 Å². The molecule has 0 unspecified atom stereocenters. The van der Waals surface area contributed by atoms with Gasteiger partial charge >= 0.3 is 0 Å². The van der Waals surface area contributed by atoms with Gasteiger partial charge in [-0.2, -0.15) is 0 Å². The van der Waals surface area contributed by atoms with Crippen LogP contribution in [0.15, 0.2) is 41.3 Å². The zero-order valence-corrected chi connectivity index (χ0v) is 9.85. The molecule has 0 atom stereocenters. The second-order valence-corrected chi connectivity index (χ2v) is 4.09. The molecule has 0 amide bonds. The molecule has 0 fully saturated rings. The maximum atomic E-state index is 5.50. The molecule has 0 aliphatic heterocycles. The van der Waals surface area contributed by atoms with Gasteiger partial charge in [0, 0.05) is 5.54 Å². The highest BCUT2D eigenvalue weighted by Crippen LogP contribution is 2.14. The topological polar surface area (TPSA) is 3.01 Å². The maximum absolute atomic E-state index is 5.50. The van der Waals surface area contributed by atoms with Gasteiger partial charge in [-0.15, -0.1) is 0 Å². The Bertz CT molecular complexity index is 340. The van der Waals surface area contributed by atoms with Crippen LogP contribution in [0, 0.1) is 0 Å². The number of thioether (sulfide) groups is 1. The summed E-state index contributed by atoms with van der Waals surface area (Å²) in [7, 11) is 4.05. The van der Waals surface area contributed by atoms with E-state index in [0.717, 1.165) is 0 Å². The minimum Gasteiger partial charge on any atom is -0.229 e. The van der Waals surface area contributed by atoms with Crippen LogP contribution in [0.3, 0.4) is 0 Å². The van der Waals surface area contributed by atoms with Crippen molar-refractivity contribution in [3.8, 4) is 0 Å². The summed E-state index contributed by atoms with van der Waals surface area (Å²) in [6.45, 7) is 0. The molecule has 1 rings (SSSR count). The van der Waals surface area contributed by atoms with Crippen LogP contribution in [-0.2, 0) is 0 Å². The fourth-order valence-corrected chi connectivity index (χ4v) is 1.92. The Morgan fingerprint density at radius 3 is 2.43 bits per heavy atom.